The van der Waals surface area contributed by atoms with Gasteiger partial charge in [0.25, 0.3) is 0 Å². The Morgan fingerprint density at radius 1 is 1.35 bits per heavy atom. The molecule has 0 fully saturated rings. The van der Waals surface area contributed by atoms with E-state index in [9.17, 15) is 0 Å². The van der Waals surface area contributed by atoms with Crippen molar-refractivity contribution in [1.29, 1.82) is 0 Å². The third-order valence-electron chi connectivity index (χ3n) is 2.50. The van der Waals surface area contributed by atoms with Crippen molar-refractivity contribution in [2.45, 2.75) is 13.0 Å². The first-order valence-electron chi connectivity index (χ1n) is 4.96. The molecule has 17 heavy (non-hydrogen) atoms. The lowest BCUT2D eigenvalue weighted by Gasteiger charge is -2.12. The molecule has 1 unspecified atom stereocenters. The number of thiophene rings is 1. The van der Waals surface area contributed by atoms with Crippen molar-refractivity contribution < 1.29 is 0 Å². The average Bonchev–Trinajstić information content (AvgIpc) is 2.62. The van der Waals surface area contributed by atoms with Crippen LogP contribution in [0, 0.1) is 6.92 Å². The summed E-state index contributed by atoms with van der Waals surface area (Å²) >= 11 is 17.3. The summed E-state index contributed by atoms with van der Waals surface area (Å²) in [4.78, 5) is 2.27. The highest BCUT2D eigenvalue weighted by Crippen LogP contribution is 2.36. The van der Waals surface area contributed by atoms with Crippen LogP contribution >= 0.6 is 50.5 Å². The highest BCUT2D eigenvalue weighted by molar-refractivity contribution is 9.10. The number of aryl methyl sites for hydroxylation is 1. The standard InChI is InChI=1S/C12H10BrCl2NS/c1-6-8(13)5-10(17-6)12(16)7-3-2-4-9(14)11(7)15/h2-5,12H,16H2,1H3. The molecule has 90 valence electrons. The molecule has 0 aliphatic carbocycles. The SMILES string of the molecule is Cc1sc(C(N)c2cccc(Cl)c2Cl)cc1Br. The van der Waals surface area contributed by atoms with E-state index in [4.69, 9.17) is 28.9 Å². The second kappa shape index (κ2) is 5.29. The van der Waals surface area contributed by atoms with Gasteiger partial charge in [-0.2, -0.15) is 0 Å². The van der Waals surface area contributed by atoms with Crippen molar-refractivity contribution in [2.24, 2.45) is 5.73 Å². The van der Waals surface area contributed by atoms with Crippen LogP contribution in [0.15, 0.2) is 28.7 Å². The van der Waals surface area contributed by atoms with E-state index in [-0.39, 0.29) is 6.04 Å². The van der Waals surface area contributed by atoms with E-state index in [2.05, 4.69) is 15.9 Å². The number of hydrogen-bond donors (Lipinski definition) is 1. The van der Waals surface area contributed by atoms with Gasteiger partial charge in [-0.1, -0.05) is 35.3 Å². The fraction of sp³-hybridized carbons (Fsp3) is 0.167. The molecule has 1 atom stereocenters. The molecule has 2 rings (SSSR count). The Balaban J connectivity index is 2.43. The van der Waals surface area contributed by atoms with E-state index in [0.717, 1.165) is 14.9 Å². The third-order valence-corrected chi connectivity index (χ3v) is 5.55. The second-order valence-corrected chi connectivity index (χ2v) is 6.60. The van der Waals surface area contributed by atoms with Gasteiger partial charge in [-0.3, -0.25) is 0 Å². The molecule has 1 heterocycles. The van der Waals surface area contributed by atoms with Gasteiger partial charge in [-0.25, -0.2) is 0 Å². The van der Waals surface area contributed by atoms with Crippen molar-refractivity contribution in [3.63, 3.8) is 0 Å². The maximum absolute atomic E-state index is 6.21. The lowest BCUT2D eigenvalue weighted by molar-refractivity contribution is 0.893. The first-order valence-corrected chi connectivity index (χ1v) is 7.32. The summed E-state index contributed by atoms with van der Waals surface area (Å²) in [6.45, 7) is 2.05. The number of halogens is 3. The monoisotopic (exact) mass is 349 g/mol. The second-order valence-electron chi connectivity index (χ2n) is 3.67. The van der Waals surface area contributed by atoms with E-state index in [1.165, 1.54) is 4.88 Å². The Morgan fingerprint density at radius 3 is 2.65 bits per heavy atom. The normalized spacial score (nSPS) is 12.8. The summed E-state index contributed by atoms with van der Waals surface area (Å²) in [5.74, 6) is 0. The Bertz CT molecular complexity index is 534. The van der Waals surface area contributed by atoms with Gasteiger partial charge in [0, 0.05) is 14.2 Å². The van der Waals surface area contributed by atoms with E-state index >= 15 is 0 Å². The molecule has 0 radical (unpaired) electrons. The van der Waals surface area contributed by atoms with Crippen LogP contribution in [0.25, 0.3) is 0 Å². The van der Waals surface area contributed by atoms with E-state index in [1.54, 1.807) is 17.4 Å². The predicted molar refractivity (Wildman–Crippen MR) is 79.2 cm³/mol. The van der Waals surface area contributed by atoms with Crippen LogP contribution in [-0.2, 0) is 0 Å². The summed E-state index contributed by atoms with van der Waals surface area (Å²) in [5.41, 5.74) is 7.07. The quantitative estimate of drug-likeness (QED) is 0.793. The average molecular weight is 351 g/mol. The van der Waals surface area contributed by atoms with Crippen LogP contribution in [0.3, 0.4) is 0 Å². The number of rotatable bonds is 2. The number of hydrogen-bond acceptors (Lipinski definition) is 2. The summed E-state index contributed by atoms with van der Waals surface area (Å²) in [6, 6.07) is 7.31. The number of nitrogens with two attached hydrogens (primary N) is 1. The van der Waals surface area contributed by atoms with Crippen LogP contribution in [0.1, 0.15) is 21.4 Å². The topological polar surface area (TPSA) is 26.0 Å². The van der Waals surface area contributed by atoms with Crippen LogP contribution in [0.5, 0.6) is 0 Å². The molecule has 1 aromatic carbocycles. The Kier molecular flexibility index (Phi) is 4.16. The molecule has 0 saturated heterocycles. The first-order chi connectivity index (χ1) is 8.00. The Morgan fingerprint density at radius 2 is 2.06 bits per heavy atom. The van der Waals surface area contributed by atoms with Gasteiger partial charge < -0.3 is 5.73 Å². The van der Waals surface area contributed by atoms with E-state index < -0.39 is 0 Å². The molecule has 0 saturated carbocycles. The van der Waals surface area contributed by atoms with Crippen LogP contribution in [0.2, 0.25) is 10.0 Å². The van der Waals surface area contributed by atoms with Crippen molar-refractivity contribution in [1.82, 2.24) is 0 Å². The van der Waals surface area contributed by atoms with Crippen molar-refractivity contribution in [2.75, 3.05) is 0 Å². The summed E-state index contributed by atoms with van der Waals surface area (Å²) in [5, 5.41) is 1.07. The molecule has 1 aromatic heterocycles. The zero-order valence-corrected chi connectivity index (χ0v) is 12.9. The minimum absolute atomic E-state index is 0.240. The molecular weight excluding hydrogens is 341 g/mol. The van der Waals surface area contributed by atoms with Crippen LogP contribution in [-0.4, -0.2) is 0 Å². The van der Waals surface area contributed by atoms with Gasteiger partial charge in [0.1, 0.15) is 0 Å². The molecule has 0 bridgehead atoms. The molecule has 0 aliphatic heterocycles. The molecule has 5 heteroatoms. The Hall–Kier alpha value is -0.0600. The minimum Gasteiger partial charge on any atom is -0.320 e. The molecule has 0 spiro atoms. The summed E-state index contributed by atoms with van der Waals surface area (Å²) in [7, 11) is 0. The van der Waals surface area contributed by atoms with Crippen LogP contribution < -0.4 is 5.73 Å². The zero-order chi connectivity index (χ0) is 12.6. The highest BCUT2D eigenvalue weighted by atomic mass is 79.9. The van der Waals surface area contributed by atoms with Gasteiger partial charge in [0.2, 0.25) is 0 Å². The molecular formula is C12H10BrCl2NS. The predicted octanol–water partition coefficient (Wildman–Crippen LogP) is 5.17. The lowest BCUT2D eigenvalue weighted by Crippen LogP contribution is -2.10. The van der Waals surface area contributed by atoms with Crippen molar-refractivity contribution in [3.8, 4) is 0 Å². The highest BCUT2D eigenvalue weighted by Gasteiger charge is 2.17. The smallest absolute Gasteiger partial charge is 0.0661 e. The minimum atomic E-state index is -0.240. The van der Waals surface area contributed by atoms with Gasteiger partial charge in [-0.05, 0) is 40.5 Å². The van der Waals surface area contributed by atoms with E-state index in [0.29, 0.717) is 10.0 Å². The van der Waals surface area contributed by atoms with Gasteiger partial charge in [0.15, 0.2) is 0 Å². The zero-order valence-electron chi connectivity index (χ0n) is 9.01. The molecule has 2 N–H and O–H groups in total. The molecule has 0 amide bonds. The Labute approximate surface area is 123 Å². The molecule has 1 nitrogen and oxygen atoms in total. The van der Waals surface area contributed by atoms with Crippen molar-refractivity contribution in [3.05, 3.63) is 54.1 Å². The fourth-order valence-electron chi connectivity index (χ4n) is 1.55. The van der Waals surface area contributed by atoms with Gasteiger partial charge in [-0.15, -0.1) is 11.3 Å². The van der Waals surface area contributed by atoms with Gasteiger partial charge >= 0.3 is 0 Å². The van der Waals surface area contributed by atoms with E-state index in [1.807, 2.05) is 25.1 Å². The maximum Gasteiger partial charge on any atom is 0.0661 e. The third kappa shape index (κ3) is 2.69. The summed E-state index contributed by atoms with van der Waals surface area (Å²) < 4.78 is 1.08. The van der Waals surface area contributed by atoms with Crippen LogP contribution in [0.4, 0.5) is 0 Å². The maximum atomic E-state index is 6.21. The fourth-order valence-corrected chi connectivity index (χ4v) is 3.56. The molecule has 0 aliphatic rings. The van der Waals surface area contributed by atoms with Crippen molar-refractivity contribution >= 4 is 50.5 Å². The molecule has 2 aromatic rings. The largest absolute Gasteiger partial charge is 0.320 e. The first kappa shape index (κ1) is 13.4. The number of benzene rings is 1. The lowest BCUT2D eigenvalue weighted by atomic mass is 10.1. The summed E-state index contributed by atoms with van der Waals surface area (Å²) in [6.07, 6.45) is 0. The van der Waals surface area contributed by atoms with Gasteiger partial charge in [0.05, 0.1) is 16.1 Å².